The zero-order valence-electron chi connectivity index (χ0n) is 17.0. The Kier molecular flexibility index (Phi) is 5.48. The number of hydrogen-bond donors (Lipinski definition) is 0. The summed E-state index contributed by atoms with van der Waals surface area (Å²) in [5, 5.41) is 35.1. The smallest absolute Gasteiger partial charge is 0.264 e. The highest BCUT2D eigenvalue weighted by Crippen LogP contribution is 2.57. The van der Waals surface area contributed by atoms with Crippen molar-refractivity contribution in [1.29, 1.82) is 0 Å². The van der Waals surface area contributed by atoms with E-state index in [0.29, 0.717) is 12.8 Å². The van der Waals surface area contributed by atoms with Crippen molar-refractivity contribution in [3.8, 4) is 0 Å². The molecule has 1 saturated heterocycles. The van der Waals surface area contributed by atoms with E-state index < -0.39 is 78.9 Å². The Balaban J connectivity index is 1.80. The summed E-state index contributed by atoms with van der Waals surface area (Å²) in [6.45, 7) is 0. The first-order chi connectivity index (χ1) is 15.8. The average molecular weight is 498 g/mol. The summed E-state index contributed by atoms with van der Waals surface area (Å²) in [4.78, 5) is 42.1. The van der Waals surface area contributed by atoms with Gasteiger partial charge in [0.15, 0.2) is 28.9 Å². The highest BCUT2D eigenvalue weighted by atomic mass is 19.2. The molecule has 186 valence electrons. The largest absolute Gasteiger partial charge is 0.569 e. The lowest BCUT2D eigenvalue weighted by Gasteiger charge is -2.53. The third kappa shape index (κ3) is 2.92. The first kappa shape index (κ1) is 24.1. The molecule has 3 fully saturated rings. The Hall–Kier alpha value is -3.05. The van der Waals surface area contributed by atoms with Crippen molar-refractivity contribution in [3.63, 3.8) is 0 Å². The lowest BCUT2D eigenvalue weighted by molar-refractivity contribution is -0.855. The predicted octanol–water partition coefficient (Wildman–Crippen LogP) is 3.32. The van der Waals surface area contributed by atoms with Gasteiger partial charge >= 0.3 is 5.79 Å². The van der Waals surface area contributed by atoms with Gasteiger partial charge in [-0.05, 0) is 25.7 Å². The maximum atomic E-state index is 14.3. The van der Waals surface area contributed by atoms with Gasteiger partial charge in [-0.1, -0.05) is 0 Å². The number of benzene rings is 1. The van der Waals surface area contributed by atoms with E-state index in [1.54, 1.807) is 0 Å². The van der Waals surface area contributed by atoms with Crippen LogP contribution in [0, 0.1) is 59.4 Å². The fourth-order valence-electron chi connectivity index (χ4n) is 4.68. The van der Waals surface area contributed by atoms with Gasteiger partial charge < -0.3 is 0 Å². The summed E-state index contributed by atoms with van der Waals surface area (Å²) in [5.74, 6) is -15.7. The van der Waals surface area contributed by atoms with E-state index in [1.807, 2.05) is 0 Å². The SMILES string of the molecule is O=[N+]([O-])C1([N+](=O)[O-])CC(c2c(F)c(F)c(F)c(F)c2F)ON1OC1(C2([N+](=O)[O-])CCC2)CCC1. The highest BCUT2D eigenvalue weighted by molar-refractivity contribution is 5.27. The molecule has 0 amide bonds. The molecule has 1 atom stereocenters. The van der Waals surface area contributed by atoms with Crippen LogP contribution in [0.1, 0.15) is 56.6 Å². The molecule has 1 unspecified atom stereocenters. The third-order valence-electron chi connectivity index (χ3n) is 6.92. The number of halogens is 5. The number of rotatable bonds is 7. The average Bonchev–Trinajstić information content (AvgIpc) is 3.08. The first-order valence-electron chi connectivity index (χ1n) is 9.95. The molecule has 4 rings (SSSR count). The maximum Gasteiger partial charge on any atom is 0.569 e. The zero-order valence-corrected chi connectivity index (χ0v) is 17.0. The number of hydroxylamine groups is 2. The molecular weight excluding hydrogens is 483 g/mol. The normalized spacial score (nSPS) is 24.8. The lowest BCUT2D eigenvalue weighted by Crippen LogP contribution is -2.70. The van der Waals surface area contributed by atoms with Crippen molar-refractivity contribution in [1.82, 2.24) is 5.23 Å². The minimum absolute atomic E-state index is 0.00115. The van der Waals surface area contributed by atoms with Gasteiger partial charge in [0.05, 0.1) is 10.8 Å². The molecule has 2 aliphatic carbocycles. The van der Waals surface area contributed by atoms with Gasteiger partial charge in [0.1, 0.15) is 22.4 Å². The van der Waals surface area contributed by atoms with Gasteiger partial charge in [0, 0.05) is 17.8 Å². The van der Waals surface area contributed by atoms with Crippen LogP contribution in [-0.2, 0) is 9.68 Å². The maximum absolute atomic E-state index is 14.3. The van der Waals surface area contributed by atoms with Crippen LogP contribution >= 0.6 is 0 Å². The number of nitro groups is 3. The van der Waals surface area contributed by atoms with E-state index in [-0.39, 0.29) is 30.9 Å². The van der Waals surface area contributed by atoms with E-state index in [1.165, 1.54) is 0 Å². The van der Waals surface area contributed by atoms with Crippen LogP contribution < -0.4 is 0 Å². The minimum Gasteiger partial charge on any atom is -0.264 e. The van der Waals surface area contributed by atoms with Gasteiger partial charge in [0.2, 0.25) is 5.82 Å². The highest BCUT2D eigenvalue weighted by Gasteiger charge is 2.77. The van der Waals surface area contributed by atoms with E-state index in [2.05, 4.69) is 0 Å². The molecule has 0 N–H and O–H groups in total. The quantitative estimate of drug-likeness (QED) is 0.138. The summed E-state index contributed by atoms with van der Waals surface area (Å²) in [5.41, 5.74) is -5.18. The molecule has 3 aliphatic rings. The van der Waals surface area contributed by atoms with Crippen LogP contribution in [-0.4, -0.2) is 36.9 Å². The van der Waals surface area contributed by atoms with Crippen molar-refractivity contribution < 1.29 is 46.4 Å². The van der Waals surface area contributed by atoms with Crippen LogP contribution in [0.2, 0.25) is 0 Å². The van der Waals surface area contributed by atoms with Crippen molar-refractivity contribution >= 4 is 0 Å². The molecule has 1 aromatic rings. The van der Waals surface area contributed by atoms with Crippen molar-refractivity contribution in [2.45, 2.75) is 68.0 Å². The number of hydrogen-bond acceptors (Lipinski definition) is 9. The molecule has 0 radical (unpaired) electrons. The summed E-state index contributed by atoms with van der Waals surface area (Å²) in [6.07, 6.45) is -3.22. The topological polar surface area (TPSA) is 151 Å². The van der Waals surface area contributed by atoms with Gasteiger partial charge in [-0.15, -0.1) is 0 Å². The first-order valence-corrected chi connectivity index (χ1v) is 9.95. The Morgan fingerprint density at radius 2 is 1.26 bits per heavy atom. The minimum atomic E-state index is -3.59. The van der Waals surface area contributed by atoms with Crippen molar-refractivity contribution in [3.05, 3.63) is 65.0 Å². The summed E-state index contributed by atoms with van der Waals surface area (Å²) < 4.78 is 69.4. The fourth-order valence-corrected chi connectivity index (χ4v) is 4.68. The fraction of sp³-hybridized carbons (Fsp3) is 0.647. The van der Waals surface area contributed by atoms with Crippen LogP contribution in [0.3, 0.4) is 0 Å². The van der Waals surface area contributed by atoms with E-state index >= 15 is 0 Å². The summed E-state index contributed by atoms with van der Waals surface area (Å²) in [7, 11) is 0. The van der Waals surface area contributed by atoms with E-state index in [4.69, 9.17) is 9.68 Å². The van der Waals surface area contributed by atoms with E-state index in [0.717, 1.165) is 0 Å². The van der Waals surface area contributed by atoms with Crippen LogP contribution in [0.5, 0.6) is 0 Å². The summed E-state index contributed by atoms with van der Waals surface area (Å²) >= 11 is 0. The Morgan fingerprint density at radius 3 is 1.62 bits per heavy atom. The predicted molar refractivity (Wildman–Crippen MR) is 94.5 cm³/mol. The molecule has 1 aromatic carbocycles. The molecule has 0 aromatic heterocycles. The van der Waals surface area contributed by atoms with E-state index in [9.17, 15) is 52.3 Å². The third-order valence-corrected chi connectivity index (χ3v) is 6.92. The Bertz CT molecular complexity index is 1050. The standard InChI is InChI=1S/C17H15F5N4O8/c18-10-9(11(19)13(21)14(22)12(10)20)8-7-17(24(29)30,25(31)32)26(33-8)34-16(5-2-6-16)15(23(27)28)3-1-4-15/h8H,1-7H2. The second-order valence-electron chi connectivity index (χ2n) is 8.41. The molecule has 0 spiro atoms. The number of nitrogens with zero attached hydrogens (tertiary/aromatic N) is 4. The van der Waals surface area contributed by atoms with Crippen molar-refractivity contribution in [2.24, 2.45) is 0 Å². The van der Waals surface area contributed by atoms with Crippen LogP contribution in [0.4, 0.5) is 22.0 Å². The molecule has 12 nitrogen and oxygen atoms in total. The second kappa shape index (κ2) is 7.74. The van der Waals surface area contributed by atoms with Crippen LogP contribution in [0.15, 0.2) is 0 Å². The van der Waals surface area contributed by atoms with Crippen molar-refractivity contribution in [2.75, 3.05) is 0 Å². The Labute approximate surface area is 185 Å². The van der Waals surface area contributed by atoms with Crippen LogP contribution in [0.25, 0.3) is 0 Å². The lowest BCUT2D eigenvalue weighted by atomic mass is 9.57. The molecule has 34 heavy (non-hydrogen) atoms. The molecular formula is C17H15F5N4O8. The zero-order chi connectivity index (χ0) is 25.2. The molecule has 1 aliphatic heterocycles. The van der Waals surface area contributed by atoms with Gasteiger partial charge in [-0.3, -0.25) is 35.2 Å². The van der Waals surface area contributed by atoms with Gasteiger partial charge in [-0.25, -0.2) is 26.8 Å². The summed E-state index contributed by atoms with van der Waals surface area (Å²) in [6, 6.07) is 0. The van der Waals surface area contributed by atoms with Gasteiger partial charge in [-0.2, -0.15) is 0 Å². The monoisotopic (exact) mass is 498 g/mol. The molecule has 0 bridgehead atoms. The van der Waals surface area contributed by atoms with Gasteiger partial charge in [0.25, 0.3) is 5.54 Å². The molecule has 17 heteroatoms. The second-order valence-corrected chi connectivity index (χ2v) is 8.41. The Morgan fingerprint density at radius 1 is 0.794 bits per heavy atom. The molecule has 1 heterocycles. The molecule has 2 saturated carbocycles.